The number of nitrogens with zero attached hydrogens (tertiary/aromatic N) is 1. The van der Waals surface area contributed by atoms with Crippen LogP contribution < -0.4 is 5.73 Å². The maximum atomic E-state index is 5.71. The summed E-state index contributed by atoms with van der Waals surface area (Å²) in [6.07, 6.45) is 6.74. The number of rotatable bonds is 5. The average molecular weight is 242 g/mol. The van der Waals surface area contributed by atoms with Crippen molar-refractivity contribution in [3.8, 4) is 0 Å². The lowest BCUT2D eigenvalue weighted by Gasteiger charge is -2.42. The van der Waals surface area contributed by atoms with Crippen molar-refractivity contribution < 1.29 is 0 Å². The monoisotopic (exact) mass is 242 g/mol. The molecule has 0 saturated heterocycles. The lowest BCUT2D eigenvalue weighted by atomic mass is 9.81. The van der Waals surface area contributed by atoms with E-state index in [-0.39, 0.29) is 0 Å². The van der Waals surface area contributed by atoms with E-state index in [1.807, 2.05) is 0 Å². The minimum absolute atomic E-state index is 0.540. The van der Waals surface area contributed by atoms with E-state index >= 15 is 0 Å². The summed E-state index contributed by atoms with van der Waals surface area (Å²) >= 11 is 5.07. The third-order valence-corrected chi connectivity index (χ3v) is 3.95. The molecule has 94 valence electrons. The molecular weight excluding hydrogens is 216 g/mol. The van der Waals surface area contributed by atoms with E-state index in [2.05, 4.69) is 25.7 Å². The Kier molecular flexibility index (Phi) is 5.70. The lowest BCUT2D eigenvalue weighted by Crippen LogP contribution is -2.49. The van der Waals surface area contributed by atoms with Crippen molar-refractivity contribution in [1.82, 2.24) is 4.90 Å². The first kappa shape index (κ1) is 13.9. The molecule has 2 unspecified atom stereocenters. The summed E-state index contributed by atoms with van der Waals surface area (Å²) in [5.41, 5.74) is 5.71. The van der Waals surface area contributed by atoms with Gasteiger partial charge in [-0.1, -0.05) is 38.4 Å². The first-order valence-electron chi connectivity index (χ1n) is 6.60. The first-order valence-corrected chi connectivity index (χ1v) is 7.01. The fourth-order valence-electron chi connectivity index (χ4n) is 2.96. The summed E-state index contributed by atoms with van der Waals surface area (Å²) in [4.78, 5) is 3.14. The zero-order chi connectivity index (χ0) is 12.1. The van der Waals surface area contributed by atoms with E-state index < -0.39 is 0 Å². The molecule has 1 fully saturated rings. The van der Waals surface area contributed by atoms with Crippen LogP contribution in [0.5, 0.6) is 0 Å². The second-order valence-corrected chi connectivity index (χ2v) is 5.78. The van der Waals surface area contributed by atoms with Crippen molar-refractivity contribution >= 4 is 17.2 Å². The average Bonchev–Trinajstić information content (AvgIpc) is 2.25. The molecule has 2 atom stereocenters. The zero-order valence-corrected chi connectivity index (χ0v) is 11.7. The number of hydrogen-bond acceptors (Lipinski definition) is 2. The van der Waals surface area contributed by atoms with Crippen LogP contribution in [0.1, 0.15) is 52.9 Å². The molecule has 0 radical (unpaired) electrons. The number of nitrogens with two attached hydrogens (primary N) is 1. The van der Waals surface area contributed by atoms with E-state index in [9.17, 15) is 0 Å². The van der Waals surface area contributed by atoms with Gasteiger partial charge in [0.2, 0.25) is 0 Å². The van der Waals surface area contributed by atoms with E-state index in [4.69, 9.17) is 18.0 Å². The molecule has 16 heavy (non-hydrogen) atoms. The van der Waals surface area contributed by atoms with Crippen LogP contribution in [0.4, 0.5) is 0 Å². The SMILES string of the molecule is CCC1CCCCC1N(CC(N)=S)C(C)C. The Hall–Kier alpha value is -0.150. The van der Waals surface area contributed by atoms with Gasteiger partial charge in [-0.05, 0) is 32.6 Å². The van der Waals surface area contributed by atoms with Crippen LogP contribution in [-0.2, 0) is 0 Å². The van der Waals surface area contributed by atoms with Gasteiger partial charge in [-0.2, -0.15) is 0 Å². The second-order valence-electron chi connectivity index (χ2n) is 5.25. The molecule has 1 rings (SSSR count). The second kappa shape index (κ2) is 6.55. The summed E-state index contributed by atoms with van der Waals surface area (Å²) in [5.74, 6) is 0.838. The molecule has 0 aliphatic heterocycles. The largest absolute Gasteiger partial charge is 0.392 e. The summed E-state index contributed by atoms with van der Waals surface area (Å²) < 4.78 is 0. The van der Waals surface area contributed by atoms with Crippen LogP contribution in [-0.4, -0.2) is 28.5 Å². The van der Waals surface area contributed by atoms with Gasteiger partial charge in [0.1, 0.15) is 0 Å². The van der Waals surface area contributed by atoms with Gasteiger partial charge in [-0.15, -0.1) is 0 Å². The maximum Gasteiger partial charge on any atom is 0.0870 e. The minimum Gasteiger partial charge on any atom is -0.392 e. The summed E-state index contributed by atoms with van der Waals surface area (Å²) in [5, 5.41) is 0. The maximum absolute atomic E-state index is 5.71. The van der Waals surface area contributed by atoms with Crippen molar-refractivity contribution in [3.63, 3.8) is 0 Å². The Morgan fingerprint density at radius 1 is 1.38 bits per heavy atom. The molecule has 2 N–H and O–H groups in total. The summed E-state index contributed by atoms with van der Waals surface area (Å²) in [6, 6.07) is 1.24. The summed E-state index contributed by atoms with van der Waals surface area (Å²) in [7, 11) is 0. The summed E-state index contributed by atoms with van der Waals surface area (Å²) in [6.45, 7) is 7.59. The quantitative estimate of drug-likeness (QED) is 0.752. The predicted octanol–water partition coefficient (Wildman–Crippen LogP) is 2.95. The molecule has 0 aromatic carbocycles. The first-order chi connectivity index (χ1) is 7.56. The van der Waals surface area contributed by atoms with Gasteiger partial charge in [-0.25, -0.2) is 0 Å². The van der Waals surface area contributed by atoms with E-state index in [1.165, 1.54) is 32.1 Å². The molecule has 0 aromatic rings. The third-order valence-electron chi connectivity index (χ3n) is 3.82. The van der Waals surface area contributed by atoms with Gasteiger partial charge < -0.3 is 5.73 Å². The number of thiocarbonyl (C=S) groups is 1. The standard InChI is InChI=1S/C13H26N2S/c1-4-11-7-5-6-8-12(11)15(10(2)3)9-13(14)16/h10-12H,4-9H2,1-3H3,(H2,14,16). The van der Waals surface area contributed by atoms with Crippen LogP contribution in [0.25, 0.3) is 0 Å². The molecule has 1 saturated carbocycles. The van der Waals surface area contributed by atoms with Crippen molar-refractivity contribution in [1.29, 1.82) is 0 Å². The van der Waals surface area contributed by atoms with Gasteiger partial charge in [0.25, 0.3) is 0 Å². The van der Waals surface area contributed by atoms with Gasteiger partial charge in [0.05, 0.1) is 4.99 Å². The van der Waals surface area contributed by atoms with Gasteiger partial charge in [-0.3, -0.25) is 4.90 Å². The molecule has 2 nitrogen and oxygen atoms in total. The van der Waals surface area contributed by atoms with Crippen LogP contribution in [0, 0.1) is 5.92 Å². The highest BCUT2D eigenvalue weighted by Gasteiger charge is 2.30. The van der Waals surface area contributed by atoms with Crippen LogP contribution in [0.3, 0.4) is 0 Å². The highest BCUT2D eigenvalue weighted by Crippen LogP contribution is 2.31. The molecule has 0 spiro atoms. The molecule has 0 amide bonds. The Morgan fingerprint density at radius 3 is 2.50 bits per heavy atom. The van der Waals surface area contributed by atoms with Crippen molar-refractivity contribution in [2.45, 2.75) is 65.0 Å². The molecule has 0 bridgehead atoms. The molecule has 0 heterocycles. The molecule has 3 heteroatoms. The van der Waals surface area contributed by atoms with Gasteiger partial charge in [0, 0.05) is 18.6 Å². The van der Waals surface area contributed by atoms with E-state index in [1.54, 1.807) is 0 Å². The molecule has 0 aromatic heterocycles. The zero-order valence-electron chi connectivity index (χ0n) is 10.9. The van der Waals surface area contributed by atoms with Crippen LogP contribution >= 0.6 is 12.2 Å². The molecular formula is C13H26N2S. The van der Waals surface area contributed by atoms with E-state index in [0.29, 0.717) is 17.1 Å². The van der Waals surface area contributed by atoms with Crippen LogP contribution in [0.2, 0.25) is 0 Å². The smallest absolute Gasteiger partial charge is 0.0870 e. The Morgan fingerprint density at radius 2 is 2.00 bits per heavy atom. The van der Waals surface area contributed by atoms with Crippen molar-refractivity contribution in [2.24, 2.45) is 11.7 Å². The van der Waals surface area contributed by atoms with Crippen molar-refractivity contribution in [3.05, 3.63) is 0 Å². The topological polar surface area (TPSA) is 29.3 Å². The predicted molar refractivity (Wildman–Crippen MR) is 74.7 cm³/mol. The molecule has 1 aliphatic rings. The lowest BCUT2D eigenvalue weighted by molar-refractivity contribution is 0.0893. The van der Waals surface area contributed by atoms with Gasteiger partial charge in [0.15, 0.2) is 0 Å². The van der Waals surface area contributed by atoms with Crippen molar-refractivity contribution in [2.75, 3.05) is 6.54 Å². The Labute approximate surface area is 106 Å². The van der Waals surface area contributed by atoms with Crippen LogP contribution in [0.15, 0.2) is 0 Å². The van der Waals surface area contributed by atoms with E-state index in [0.717, 1.165) is 12.5 Å². The van der Waals surface area contributed by atoms with Gasteiger partial charge >= 0.3 is 0 Å². The third kappa shape index (κ3) is 3.70. The highest BCUT2D eigenvalue weighted by molar-refractivity contribution is 7.80. The highest BCUT2D eigenvalue weighted by atomic mass is 32.1. The fourth-order valence-corrected chi connectivity index (χ4v) is 3.11. The fraction of sp³-hybridized carbons (Fsp3) is 0.923. The molecule has 1 aliphatic carbocycles. The minimum atomic E-state index is 0.540. The Balaban J connectivity index is 2.70. The normalized spacial score (nSPS) is 26.3. The Bertz CT molecular complexity index is 228. The number of hydrogen-bond donors (Lipinski definition) is 1.